The minimum atomic E-state index is -4.41. The van der Waals surface area contributed by atoms with Crippen molar-refractivity contribution >= 4 is 22.7 Å². The van der Waals surface area contributed by atoms with Crippen LogP contribution in [0.15, 0.2) is 96.1 Å². The SMILES string of the molecule is FC(F)(F)c1cccc(NN=Cc2c(OCc3ccccc3)ccc3ccccc23)c1. The van der Waals surface area contributed by atoms with E-state index in [4.69, 9.17) is 4.74 Å². The monoisotopic (exact) mass is 420 g/mol. The van der Waals surface area contributed by atoms with E-state index in [2.05, 4.69) is 10.5 Å². The van der Waals surface area contributed by atoms with E-state index < -0.39 is 11.7 Å². The van der Waals surface area contributed by atoms with Crippen LogP contribution in [0.1, 0.15) is 16.7 Å². The molecular formula is C25H19F3N2O. The van der Waals surface area contributed by atoms with Crippen molar-refractivity contribution < 1.29 is 17.9 Å². The Morgan fingerprint density at radius 2 is 1.61 bits per heavy atom. The first-order valence-electron chi connectivity index (χ1n) is 9.65. The van der Waals surface area contributed by atoms with E-state index in [0.29, 0.717) is 12.4 Å². The molecule has 6 heteroatoms. The molecule has 0 radical (unpaired) electrons. The number of halogens is 3. The summed E-state index contributed by atoms with van der Waals surface area (Å²) in [6.45, 7) is 0.390. The molecule has 4 aromatic rings. The molecule has 1 N–H and O–H groups in total. The maximum Gasteiger partial charge on any atom is 0.416 e. The molecule has 0 spiro atoms. The van der Waals surface area contributed by atoms with Crippen LogP contribution < -0.4 is 10.2 Å². The van der Waals surface area contributed by atoms with Crippen LogP contribution in [0.5, 0.6) is 5.75 Å². The summed E-state index contributed by atoms with van der Waals surface area (Å²) in [5.41, 5.74) is 3.97. The summed E-state index contributed by atoms with van der Waals surface area (Å²) in [7, 11) is 0. The van der Waals surface area contributed by atoms with E-state index in [1.54, 1.807) is 6.21 Å². The molecule has 0 bridgehead atoms. The molecule has 0 amide bonds. The molecule has 0 heterocycles. The first kappa shape index (κ1) is 20.5. The van der Waals surface area contributed by atoms with Crippen molar-refractivity contribution in [2.45, 2.75) is 12.8 Å². The smallest absolute Gasteiger partial charge is 0.416 e. The number of nitrogens with zero attached hydrogens (tertiary/aromatic N) is 1. The number of anilines is 1. The molecule has 0 atom stereocenters. The third-order valence-corrected chi connectivity index (χ3v) is 4.75. The highest BCUT2D eigenvalue weighted by Crippen LogP contribution is 2.31. The van der Waals surface area contributed by atoms with Gasteiger partial charge in [0.05, 0.1) is 17.5 Å². The van der Waals surface area contributed by atoms with Gasteiger partial charge in [-0.15, -0.1) is 0 Å². The number of hydrazone groups is 1. The molecule has 3 nitrogen and oxygen atoms in total. The average molecular weight is 420 g/mol. The van der Waals surface area contributed by atoms with Gasteiger partial charge in [-0.3, -0.25) is 5.43 Å². The standard InChI is InChI=1S/C25H19F3N2O/c26-25(27,28)20-10-6-11-21(15-20)30-29-16-23-22-12-5-4-9-19(22)13-14-24(23)31-17-18-7-2-1-3-8-18/h1-16,30H,17H2. The third-order valence-electron chi connectivity index (χ3n) is 4.75. The Hall–Kier alpha value is -3.80. The molecule has 0 aliphatic carbocycles. The molecule has 0 aliphatic heterocycles. The van der Waals surface area contributed by atoms with Crippen LogP contribution >= 0.6 is 0 Å². The lowest BCUT2D eigenvalue weighted by Gasteiger charge is -2.12. The molecule has 0 unspecified atom stereocenters. The van der Waals surface area contributed by atoms with Crippen molar-refractivity contribution in [1.29, 1.82) is 0 Å². The first-order chi connectivity index (χ1) is 15.0. The highest BCUT2D eigenvalue weighted by Gasteiger charge is 2.30. The van der Waals surface area contributed by atoms with Crippen LogP contribution in [0.4, 0.5) is 18.9 Å². The van der Waals surface area contributed by atoms with Crippen LogP contribution in [0, 0.1) is 0 Å². The summed E-state index contributed by atoms with van der Waals surface area (Å²) < 4.78 is 44.8. The van der Waals surface area contributed by atoms with Gasteiger partial charge in [-0.2, -0.15) is 18.3 Å². The molecule has 0 saturated heterocycles. The van der Waals surface area contributed by atoms with E-state index in [-0.39, 0.29) is 5.69 Å². The van der Waals surface area contributed by atoms with Gasteiger partial charge in [0.15, 0.2) is 0 Å². The maximum atomic E-state index is 12.9. The zero-order valence-corrected chi connectivity index (χ0v) is 16.4. The van der Waals surface area contributed by atoms with E-state index in [1.165, 1.54) is 12.1 Å². The molecule has 156 valence electrons. The lowest BCUT2D eigenvalue weighted by atomic mass is 10.0. The fraction of sp³-hybridized carbons (Fsp3) is 0.0800. The Labute approximate surface area is 177 Å². The number of fused-ring (bicyclic) bond motifs is 1. The van der Waals surface area contributed by atoms with Crippen molar-refractivity contribution in [1.82, 2.24) is 0 Å². The number of ether oxygens (including phenoxy) is 1. The summed E-state index contributed by atoms with van der Waals surface area (Å²) in [4.78, 5) is 0. The zero-order valence-electron chi connectivity index (χ0n) is 16.4. The predicted octanol–water partition coefficient (Wildman–Crippen LogP) is 6.88. The second-order valence-electron chi connectivity index (χ2n) is 6.92. The first-order valence-corrected chi connectivity index (χ1v) is 9.65. The normalized spacial score (nSPS) is 11.7. The Kier molecular flexibility index (Phi) is 5.89. The van der Waals surface area contributed by atoms with Crippen molar-refractivity contribution in [2.75, 3.05) is 5.43 Å². The van der Waals surface area contributed by atoms with Crippen LogP contribution in [-0.2, 0) is 12.8 Å². The molecule has 31 heavy (non-hydrogen) atoms. The highest BCUT2D eigenvalue weighted by molar-refractivity contribution is 6.02. The average Bonchev–Trinajstić information content (AvgIpc) is 2.78. The fourth-order valence-corrected chi connectivity index (χ4v) is 3.21. The van der Waals surface area contributed by atoms with E-state index in [9.17, 15) is 13.2 Å². The van der Waals surface area contributed by atoms with Crippen molar-refractivity contribution in [2.24, 2.45) is 5.10 Å². The van der Waals surface area contributed by atoms with Crippen LogP contribution in [0.3, 0.4) is 0 Å². The number of hydrogen-bond donors (Lipinski definition) is 1. The van der Waals surface area contributed by atoms with Gasteiger partial charge in [-0.1, -0.05) is 66.7 Å². The lowest BCUT2D eigenvalue weighted by Crippen LogP contribution is -2.05. The van der Waals surface area contributed by atoms with Gasteiger partial charge in [0.25, 0.3) is 0 Å². The van der Waals surface area contributed by atoms with E-state index >= 15 is 0 Å². The van der Waals surface area contributed by atoms with Crippen molar-refractivity contribution in [3.8, 4) is 5.75 Å². The zero-order chi connectivity index (χ0) is 21.7. The number of alkyl halides is 3. The number of benzene rings is 4. The summed E-state index contributed by atoms with van der Waals surface area (Å²) in [6.07, 6.45) is -2.83. The Morgan fingerprint density at radius 3 is 2.42 bits per heavy atom. The molecular weight excluding hydrogens is 401 g/mol. The van der Waals surface area contributed by atoms with Crippen LogP contribution in [-0.4, -0.2) is 6.21 Å². The van der Waals surface area contributed by atoms with Crippen LogP contribution in [0.2, 0.25) is 0 Å². The highest BCUT2D eigenvalue weighted by atomic mass is 19.4. The van der Waals surface area contributed by atoms with Gasteiger partial charge in [0.2, 0.25) is 0 Å². The third kappa shape index (κ3) is 5.04. The van der Waals surface area contributed by atoms with Gasteiger partial charge in [0.1, 0.15) is 12.4 Å². The molecule has 0 aliphatic rings. The summed E-state index contributed by atoms with van der Waals surface area (Å²) in [5.74, 6) is 0.636. The molecule has 0 aromatic heterocycles. The molecule has 0 saturated carbocycles. The molecule has 4 aromatic carbocycles. The fourth-order valence-electron chi connectivity index (χ4n) is 3.21. The molecule has 0 fully saturated rings. The second kappa shape index (κ2) is 8.92. The second-order valence-corrected chi connectivity index (χ2v) is 6.92. The largest absolute Gasteiger partial charge is 0.488 e. The van der Waals surface area contributed by atoms with Gasteiger partial charge in [-0.05, 0) is 40.6 Å². The minimum absolute atomic E-state index is 0.248. The Bertz CT molecular complexity index is 1200. The van der Waals surface area contributed by atoms with Crippen molar-refractivity contribution in [3.63, 3.8) is 0 Å². The van der Waals surface area contributed by atoms with E-state index in [1.807, 2.05) is 66.7 Å². The quantitative estimate of drug-likeness (QED) is 0.272. The summed E-state index contributed by atoms with van der Waals surface area (Å²) in [5, 5.41) is 6.12. The Morgan fingerprint density at radius 1 is 0.839 bits per heavy atom. The topological polar surface area (TPSA) is 33.6 Å². The number of rotatable bonds is 6. The molecule has 4 rings (SSSR count). The minimum Gasteiger partial charge on any atom is -0.488 e. The van der Waals surface area contributed by atoms with Gasteiger partial charge in [-0.25, -0.2) is 0 Å². The number of hydrogen-bond acceptors (Lipinski definition) is 3. The maximum absolute atomic E-state index is 12.9. The summed E-state index contributed by atoms with van der Waals surface area (Å²) >= 11 is 0. The summed E-state index contributed by atoms with van der Waals surface area (Å²) in [6, 6.07) is 26.3. The van der Waals surface area contributed by atoms with Crippen molar-refractivity contribution in [3.05, 3.63) is 108 Å². The van der Waals surface area contributed by atoms with Gasteiger partial charge < -0.3 is 4.74 Å². The van der Waals surface area contributed by atoms with Crippen LogP contribution in [0.25, 0.3) is 10.8 Å². The predicted molar refractivity (Wildman–Crippen MR) is 117 cm³/mol. The Balaban J connectivity index is 1.61. The lowest BCUT2D eigenvalue weighted by molar-refractivity contribution is -0.137. The van der Waals surface area contributed by atoms with Gasteiger partial charge >= 0.3 is 6.18 Å². The number of nitrogens with one attached hydrogen (secondary N) is 1. The van der Waals surface area contributed by atoms with E-state index in [0.717, 1.165) is 34.0 Å². The van der Waals surface area contributed by atoms with Gasteiger partial charge in [0, 0.05) is 5.56 Å².